The normalized spacial score (nSPS) is 14.5. The summed E-state index contributed by atoms with van der Waals surface area (Å²) in [5, 5.41) is 5.44. The number of carbonyl (C=O) groups excluding carboxylic acids is 1. The topological polar surface area (TPSA) is 150 Å². The van der Waals surface area contributed by atoms with Crippen LogP contribution in [0.2, 0.25) is 0 Å². The zero-order chi connectivity index (χ0) is 9.31. The molecular formula is C2H6N2O6S. The number of carboxylic acid groups (broad SMARTS) is 1. The Balaban J connectivity index is 4.83. The molecule has 0 aliphatic heterocycles. The number of nitrogens with one attached hydrogen (secondary N) is 1. The standard InChI is InChI=1S/C2H6N2O6S/c3-1(5)4-11(8,9,10)2(6)7/h(H,6,7)(H5,3,4,5,8,9,10). The van der Waals surface area contributed by atoms with E-state index >= 15 is 0 Å². The first-order valence-corrected chi connectivity index (χ1v) is 3.99. The van der Waals surface area contributed by atoms with E-state index in [1.165, 1.54) is 0 Å². The van der Waals surface area contributed by atoms with E-state index in [0.717, 1.165) is 4.72 Å². The molecule has 6 N–H and O–H groups in total. The molecule has 0 heterocycles. The summed E-state index contributed by atoms with van der Waals surface area (Å²) in [7, 11) is -6.12. The molecule has 0 saturated carbocycles. The molecule has 0 saturated heterocycles. The maximum atomic E-state index is 10.4. The lowest BCUT2D eigenvalue weighted by Gasteiger charge is -2.24. The van der Waals surface area contributed by atoms with Crippen LogP contribution in [0.15, 0.2) is 0 Å². The van der Waals surface area contributed by atoms with E-state index in [0.29, 0.717) is 0 Å². The number of hydrogen-bond donors (Lipinski definition) is 5. The summed E-state index contributed by atoms with van der Waals surface area (Å²) in [6, 6.07) is -1.62. The van der Waals surface area contributed by atoms with E-state index in [2.05, 4.69) is 5.73 Å². The molecule has 0 bridgehead atoms. The SMILES string of the molecule is NC(=O)NS(=O)(O)(O)C(=O)O. The molecular weight excluding hydrogens is 180 g/mol. The van der Waals surface area contributed by atoms with Crippen molar-refractivity contribution in [2.75, 3.05) is 0 Å². The van der Waals surface area contributed by atoms with E-state index < -0.39 is 21.1 Å². The van der Waals surface area contributed by atoms with Gasteiger partial charge in [0, 0.05) is 0 Å². The Kier molecular flexibility index (Phi) is 1.92. The quantitative estimate of drug-likeness (QED) is 0.328. The van der Waals surface area contributed by atoms with Gasteiger partial charge in [-0.05, 0) is 0 Å². The van der Waals surface area contributed by atoms with Crippen LogP contribution >= 0.6 is 0 Å². The number of nitrogens with two attached hydrogens (primary N) is 1. The molecule has 8 nitrogen and oxygen atoms in total. The summed E-state index contributed by atoms with van der Waals surface area (Å²) < 4.78 is 27.8. The monoisotopic (exact) mass is 186 g/mol. The van der Waals surface area contributed by atoms with Gasteiger partial charge in [0.05, 0.1) is 0 Å². The van der Waals surface area contributed by atoms with E-state index in [1.807, 2.05) is 0 Å². The van der Waals surface area contributed by atoms with Crippen LogP contribution < -0.4 is 10.5 Å². The van der Waals surface area contributed by atoms with Gasteiger partial charge in [0.1, 0.15) is 0 Å². The lowest BCUT2D eigenvalue weighted by atomic mass is 11.2. The third-order valence-corrected chi connectivity index (χ3v) is 1.80. The van der Waals surface area contributed by atoms with Crippen LogP contribution in [0.1, 0.15) is 0 Å². The molecule has 9 heteroatoms. The van der Waals surface area contributed by atoms with Gasteiger partial charge in [-0.15, -0.1) is 0 Å². The number of primary amides is 1. The third kappa shape index (κ3) is 2.49. The molecule has 0 atom stereocenters. The third-order valence-electron chi connectivity index (χ3n) is 0.599. The zero-order valence-corrected chi connectivity index (χ0v) is 5.87. The molecule has 66 valence electrons. The van der Waals surface area contributed by atoms with Crippen LogP contribution in [0.5, 0.6) is 0 Å². The van der Waals surface area contributed by atoms with Crippen molar-refractivity contribution in [3.63, 3.8) is 0 Å². The number of urea groups is 1. The molecule has 0 aliphatic carbocycles. The van der Waals surface area contributed by atoms with Gasteiger partial charge in [0.15, 0.2) is 0 Å². The maximum Gasteiger partial charge on any atom is 0.438 e. The second kappa shape index (κ2) is 2.15. The van der Waals surface area contributed by atoms with Crippen LogP contribution in [0.4, 0.5) is 9.59 Å². The highest BCUT2D eigenvalue weighted by atomic mass is 32.3. The van der Waals surface area contributed by atoms with Crippen molar-refractivity contribution in [2.24, 2.45) is 5.73 Å². The summed E-state index contributed by atoms with van der Waals surface area (Å²) in [6.07, 6.45) is 0. The molecule has 11 heavy (non-hydrogen) atoms. The predicted molar refractivity (Wildman–Crippen MR) is 34.1 cm³/mol. The first-order chi connectivity index (χ1) is 4.63. The minimum atomic E-state index is -6.12. The van der Waals surface area contributed by atoms with Crippen LogP contribution in [-0.4, -0.2) is 29.8 Å². The Morgan fingerprint density at radius 1 is 1.36 bits per heavy atom. The molecule has 0 radical (unpaired) electrons. The molecule has 0 aromatic heterocycles. The minimum absolute atomic E-state index is 0.798. The van der Waals surface area contributed by atoms with E-state index in [4.69, 9.17) is 14.2 Å². The largest absolute Gasteiger partial charge is 0.468 e. The first kappa shape index (κ1) is 9.81. The molecule has 0 aromatic carbocycles. The van der Waals surface area contributed by atoms with Crippen LogP contribution in [0.3, 0.4) is 0 Å². The number of rotatable bonds is 0. The van der Waals surface area contributed by atoms with E-state index in [9.17, 15) is 13.8 Å². The van der Waals surface area contributed by atoms with Gasteiger partial charge >= 0.3 is 11.3 Å². The zero-order valence-electron chi connectivity index (χ0n) is 5.05. The van der Waals surface area contributed by atoms with Crippen molar-refractivity contribution in [1.82, 2.24) is 4.72 Å². The van der Waals surface area contributed by atoms with Crippen molar-refractivity contribution in [3.8, 4) is 0 Å². The Morgan fingerprint density at radius 3 is 1.82 bits per heavy atom. The first-order valence-electron chi connectivity index (χ1n) is 2.11. The fourth-order valence-electron chi connectivity index (χ4n) is 0.225. The highest BCUT2D eigenvalue weighted by Gasteiger charge is 2.41. The van der Waals surface area contributed by atoms with Crippen molar-refractivity contribution in [3.05, 3.63) is 0 Å². The van der Waals surface area contributed by atoms with Crippen molar-refractivity contribution < 1.29 is 28.0 Å². The summed E-state index contributed by atoms with van der Waals surface area (Å²) in [4.78, 5) is 19.7. The Bertz CT molecular complexity index is 264. The number of carbonyl (C=O) groups is 2. The molecule has 0 aromatic rings. The smallest absolute Gasteiger partial charge is 0.438 e. The van der Waals surface area contributed by atoms with Gasteiger partial charge in [-0.1, -0.05) is 0 Å². The van der Waals surface area contributed by atoms with Gasteiger partial charge in [-0.2, -0.15) is 4.21 Å². The van der Waals surface area contributed by atoms with Crippen molar-refractivity contribution in [1.29, 1.82) is 0 Å². The van der Waals surface area contributed by atoms with Crippen LogP contribution in [-0.2, 0) is 9.81 Å². The number of amides is 2. The summed E-state index contributed by atoms with van der Waals surface area (Å²) in [5.74, 6) is 0. The maximum absolute atomic E-state index is 10.4. The van der Waals surface area contributed by atoms with Crippen molar-refractivity contribution in [2.45, 2.75) is 0 Å². The van der Waals surface area contributed by atoms with Gasteiger partial charge in [0.25, 0.3) is 9.81 Å². The molecule has 0 unspecified atom stereocenters. The fourth-order valence-corrected chi connectivity index (χ4v) is 0.675. The average molecular weight is 186 g/mol. The Hall–Kier alpha value is -1.19. The lowest BCUT2D eigenvalue weighted by molar-refractivity contribution is 0.207. The second-order valence-corrected chi connectivity index (χ2v) is 3.88. The average Bonchev–Trinajstić information content (AvgIpc) is 1.57. The molecule has 2 amide bonds. The summed E-state index contributed by atoms with van der Waals surface area (Å²) in [6.45, 7) is 0. The summed E-state index contributed by atoms with van der Waals surface area (Å²) >= 11 is 0. The molecule has 0 aliphatic rings. The minimum Gasteiger partial charge on any atom is -0.468 e. The fraction of sp³-hybridized carbons (Fsp3) is 0. The van der Waals surface area contributed by atoms with Gasteiger partial charge < -0.3 is 10.8 Å². The lowest BCUT2D eigenvalue weighted by Crippen LogP contribution is -2.56. The van der Waals surface area contributed by atoms with Crippen LogP contribution in [0, 0.1) is 0 Å². The molecule has 0 rings (SSSR count). The van der Waals surface area contributed by atoms with Gasteiger partial charge in [-0.3, -0.25) is 9.11 Å². The van der Waals surface area contributed by atoms with Gasteiger partial charge in [0.2, 0.25) is 0 Å². The highest BCUT2D eigenvalue weighted by Crippen LogP contribution is 2.10. The second-order valence-electron chi connectivity index (χ2n) is 1.60. The number of hydrogen-bond acceptors (Lipinski definition) is 3. The predicted octanol–water partition coefficient (Wildman–Crippen LogP) is -0.986. The van der Waals surface area contributed by atoms with E-state index in [-0.39, 0.29) is 0 Å². The summed E-state index contributed by atoms with van der Waals surface area (Å²) in [5.41, 5.74) is 4.30. The molecule has 0 spiro atoms. The van der Waals surface area contributed by atoms with Gasteiger partial charge in [-0.25, -0.2) is 14.3 Å². The Morgan fingerprint density at radius 2 is 1.73 bits per heavy atom. The molecule has 0 fully saturated rings. The van der Waals surface area contributed by atoms with Crippen LogP contribution in [0.25, 0.3) is 0 Å². The Labute approximate surface area is 60.6 Å². The van der Waals surface area contributed by atoms with E-state index in [1.54, 1.807) is 0 Å². The highest BCUT2D eigenvalue weighted by molar-refractivity contribution is 8.21. The van der Waals surface area contributed by atoms with Crippen molar-refractivity contribution >= 4 is 21.1 Å².